The van der Waals surface area contributed by atoms with Crippen molar-refractivity contribution in [3.05, 3.63) is 39.4 Å². The van der Waals surface area contributed by atoms with Crippen molar-refractivity contribution < 1.29 is 14.5 Å². The molecule has 0 atom stereocenters. The van der Waals surface area contributed by atoms with Crippen LogP contribution in [0.25, 0.3) is 0 Å². The predicted molar refractivity (Wildman–Crippen MR) is 102 cm³/mol. The van der Waals surface area contributed by atoms with Gasteiger partial charge < -0.3 is 9.80 Å². The number of nitro benzene ring substituents is 1. The van der Waals surface area contributed by atoms with Crippen LogP contribution in [0, 0.1) is 23.0 Å². The summed E-state index contributed by atoms with van der Waals surface area (Å²) in [5.74, 6) is 0.672. The summed E-state index contributed by atoms with van der Waals surface area (Å²) < 4.78 is 0. The lowest BCUT2D eigenvalue weighted by Crippen LogP contribution is -2.50. The van der Waals surface area contributed by atoms with Gasteiger partial charge in [0.1, 0.15) is 0 Å². The molecule has 3 rings (SSSR count). The number of amides is 2. The normalized spacial score (nSPS) is 18.0. The lowest BCUT2D eigenvalue weighted by molar-refractivity contribution is -0.385. The second-order valence-electron chi connectivity index (χ2n) is 7.62. The summed E-state index contributed by atoms with van der Waals surface area (Å²) in [5, 5.41) is 11.1. The Hall–Kier alpha value is -2.44. The van der Waals surface area contributed by atoms with Crippen LogP contribution in [0.15, 0.2) is 18.2 Å². The first-order chi connectivity index (χ1) is 13.0. The standard InChI is InChI=1S/C20H27N3O4/c1-15-6-8-17(14-18(15)23(26)27)20(25)22-12-10-21(11-13-22)19(24)9-7-16-4-2-3-5-16/h6,8,14,16H,2-5,7,9-13H2,1H3. The molecular formula is C20H27N3O4. The first-order valence-corrected chi connectivity index (χ1v) is 9.78. The van der Waals surface area contributed by atoms with Crippen LogP contribution in [0.2, 0.25) is 0 Å². The molecule has 27 heavy (non-hydrogen) atoms. The topological polar surface area (TPSA) is 83.8 Å². The maximum atomic E-state index is 12.7. The van der Waals surface area contributed by atoms with Gasteiger partial charge in [-0.3, -0.25) is 19.7 Å². The molecule has 1 aliphatic carbocycles. The highest BCUT2D eigenvalue weighted by atomic mass is 16.6. The molecule has 0 N–H and O–H groups in total. The van der Waals surface area contributed by atoms with Gasteiger partial charge in [-0.25, -0.2) is 0 Å². The fourth-order valence-electron chi connectivity index (χ4n) is 4.07. The van der Waals surface area contributed by atoms with E-state index in [1.807, 2.05) is 4.90 Å². The van der Waals surface area contributed by atoms with E-state index >= 15 is 0 Å². The van der Waals surface area contributed by atoms with E-state index in [1.165, 1.54) is 31.7 Å². The highest BCUT2D eigenvalue weighted by Crippen LogP contribution is 2.28. The van der Waals surface area contributed by atoms with Crippen LogP contribution >= 0.6 is 0 Å². The maximum absolute atomic E-state index is 12.7. The molecule has 0 spiro atoms. The van der Waals surface area contributed by atoms with E-state index in [0.717, 1.165) is 6.42 Å². The first-order valence-electron chi connectivity index (χ1n) is 9.78. The summed E-state index contributed by atoms with van der Waals surface area (Å²) in [6.45, 7) is 3.65. The number of carbonyl (C=O) groups excluding carboxylic acids is 2. The molecule has 2 fully saturated rings. The zero-order valence-corrected chi connectivity index (χ0v) is 15.9. The van der Waals surface area contributed by atoms with Crippen LogP contribution in [-0.4, -0.2) is 52.7 Å². The van der Waals surface area contributed by atoms with E-state index in [1.54, 1.807) is 24.0 Å². The van der Waals surface area contributed by atoms with Gasteiger partial charge in [0.2, 0.25) is 5.91 Å². The van der Waals surface area contributed by atoms with Gasteiger partial charge in [0, 0.05) is 49.8 Å². The molecule has 0 unspecified atom stereocenters. The lowest BCUT2D eigenvalue weighted by atomic mass is 10.0. The lowest BCUT2D eigenvalue weighted by Gasteiger charge is -2.35. The highest BCUT2D eigenvalue weighted by Gasteiger charge is 2.26. The number of carbonyl (C=O) groups is 2. The molecule has 1 aliphatic heterocycles. The molecule has 1 aromatic carbocycles. The van der Waals surface area contributed by atoms with Crippen molar-refractivity contribution in [2.24, 2.45) is 5.92 Å². The molecule has 1 saturated carbocycles. The third-order valence-electron chi connectivity index (χ3n) is 5.81. The Morgan fingerprint density at radius 1 is 1.11 bits per heavy atom. The van der Waals surface area contributed by atoms with Crippen molar-refractivity contribution in [2.75, 3.05) is 26.2 Å². The van der Waals surface area contributed by atoms with Gasteiger partial charge in [-0.2, -0.15) is 0 Å². The molecule has 0 bridgehead atoms. The molecule has 0 radical (unpaired) electrons. The van der Waals surface area contributed by atoms with Gasteiger partial charge in [-0.05, 0) is 25.3 Å². The monoisotopic (exact) mass is 373 g/mol. The second kappa shape index (κ2) is 8.50. The van der Waals surface area contributed by atoms with Gasteiger partial charge >= 0.3 is 0 Å². The van der Waals surface area contributed by atoms with Gasteiger partial charge in [0.15, 0.2) is 0 Å². The fourth-order valence-corrected chi connectivity index (χ4v) is 4.07. The van der Waals surface area contributed by atoms with Gasteiger partial charge in [0.25, 0.3) is 11.6 Å². The fraction of sp³-hybridized carbons (Fsp3) is 0.600. The van der Waals surface area contributed by atoms with E-state index in [2.05, 4.69) is 0 Å². The summed E-state index contributed by atoms with van der Waals surface area (Å²) in [5.41, 5.74) is 0.823. The minimum absolute atomic E-state index is 0.0402. The van der Waals surface area contributed by atoms with Crippen molar-refractivity contribution in [3.8, 4) is 0 Å². The molecular weight excluding hydrogens is 346 g/mol. The average molecular weight is 373 g/mol. The van der Waals surface area contributed by atoms with Gasteiger partial charge in [-0.1, -0.05) is 31.7 Å². The van der Waals surface area contributed by atoms with Crippen molar-refractivity contribution in [1.29, 1.82) is 0 Å². The summed E-state index contributed by atoms with van der Waals surface area (Å²) in [6, 6.07) is 4.58. The van der Waals surface area contributed by atoms with E-state index in [4.69, 9.17) is 0 Å². The van der Waals surface area contributed by atoms with Crippen LogP contribution in [0.1, 0.15) is 54.4 Å². The number of nitrogens with zero attached hydrogens (tertiary/aromatic N) is 3. The van der Waals surface area contributed by atoms with E-state index in [0.29, 0.717) is 49.6 Å². The number of nitro groups is 1. The third-order valence-corrected chi connectivity index (χ3v) is 5.81. The summed E-state index contributed by atoms with van der Waals surface area (Å²) in [4.78, 5) is 39.2. The molecule has 1 saturated heterocycles. The van der Waals surface area contributed by atoms with Crippen LogP contribution in [0.4, 0.5) is 5.69 Å². The minimum atomic E-state index is -0.465. The van der Waals surface area contributed by atoms with Gasteiger partial charge in [0.05, 0.1) is 4.92 Å². The zero-order valence-electron chi connectivity index (χ0n) is 15.9. The largest absolute Gasteiger partial charge is 0.339 e. The molecule has 2 amide bonds. The molecule has 0 aromatic heterocycles. The first kappa shape index (κ1) is 19.3. The van der Waals surface area contributed by atoms with E-state index in [-0.39, 0.29) is 17.5 Å². The zero-order chi connectivity index (χ0) is 19.4. The van der Waals surface area contributed by atoms with Gasteiger partial charge in [-0.15, -0.1) is 0 Å². The number of piperazine rings is 1. The Bertz CT molecular complexity index is 720. The summed E-state index contributed by atoms with van der Waals surface area (Å²) in [6.07, 6.45) is 6.65. The minimum Gasteiger partial charge on any atom is -0.339 e. The van der Waals surface area contributed by atoms with E-state index in [9.17, 15) is 19.7 Å². The maximum Gasteiger partial charge on any atom is 0.273 e. The number of hydrogen-bond donors (Lipinski definition) is 0. The Labute approximate surface area is 159 Å². The highest BCUT2D eigenvalue weighted by molar-refractivity contribution is 5.95. The van der Waals surface area contributed by atoms with Crippen LogP contribution < -0.4 is 0 Å². The van der Waals surface area contributed by atoms with E-state index < -0.39 is 4.92 Å². The number of aryl methyl sites for hydroxylation is 1. The van der Waals surface area contributed by atoms with Crippen molar-refractivity contribution in [3.63, 3.8) is 0 Å². The van der Waals surface area contributed by atoms with Crippen LogP contribution in [-0.2, 0) is 4.79 Å². The van der Waals surface area contributed by atoms with Crippen molar-refractivity contribution >= 4 is 17.5 Å². The number of hydrogen-bond acceptors (Lipinski definition) is 4. The molecule has 146 valence electrons. The van der Waals surface area contributed by atoms with Crippen LogP contribution in [0.3, 0.4) is 0 Å². The van der Waals surface area contributed by atoms with Crippen molar-refractivity contribution in [1.82, 2.24) is 9.80 Å². The molecule has 1 heterocycles. The molecule has 1 aromatic rings. The van der Waals surface area contributed by atoms with Crippen LogP contribution in [0.5, 0.6) is 0 Å². The Kier molecular flexibility index (Phi) is 6.08. The number of rotatable bonds is 5. The van der Waals surface area contributed by atoms with Crippen molar-refractivity contribution in [2.45, 2.75) is 45.4 Å². The Morgan fingerprint density at radius 3 is 2.37 bits per heavy atom. The quantitative estimate of drug-likeness (QED) is 0.586. The second-order valence-corrected chi connectivity index (χ2v) is 7.62. The number of benzene rings is 1. The molecule has 7 heteroatoms. The smallest absolute Gasteiger partial charge is 0.273 e. The predicted octanol–water partition coefficient (Wildman–Crippen LogP) is 3.16. The molecule has 7 nitrogen and oxygen atoms in total. The average Bonchev–Trinajstić information content (AvgIpc) is 3.19. The Balaban J connectivity index is 1.52. The third kappa shape index (κ3) is 4.64. The molecule has 2 aliphatic rings. The summed E-state index contributed by atoms with van der Waals surface area (Å²) >= 11 is 0. The SMILES string of the molecule is Cc1ccc(C(=O)N2CCN(C(=O)CCC3CCCC3)CC2)cc1[N+](=O)[O-]. The Morgan fingerprint density at radius 2 is 1.74 bits per heavy atom. The summed E-state index contributed by atoms with van der Waals surface area (Å²) in [7, 11) is 0.